The van der Waals surface area contributed by atoms with Crippen LogP contribution in [0.1, 0.15) is 12.5 Å². The molecule has 1 saturated heterocycles. The summed E-state index contributed by atoms with van der Waals surface area (Å²) in [4.78, 5) is 2.12. The van der Waals surface area contributed by atoms with E-state index < -0.39 is 5.60 Å². The Morgan fingerprint density at radius 3 is 2.73 bits per heavy atom. The van der Waals surface area contributed by atoms with Gasteiger partial charge in [-0.2, -0.15) is 0 Å². The minimum absolute atomic E-state index is 0.241. The monoisotopic (exact) mass is 273 g/mol. The van der Waals surface area contributed by atoms with Gasteiger partial charge >= 0.3 is 0 Å². The van der Waals surface area contributed by atoms with Gasteiger partial charge in [-0.05, 0) is 40.5 Å². The summed E-state index contributed by atoms with van der Waals surface area (Å²) in [6.07, 6.45) is 0. The zero-order chi connectivity index (χ0) is 11.1. The predicted octanol–water partition coefficient (Wildman–Crippen LogP) is 2.15. The van der Waals surface area contributed by atoms with E-state index in [1.807, 2.05) is 6.92 Å². The number of rotatable bonds is 2. The summed E-state index contributed by atoms with van der Waals surface area (Å²) in [5, 5.41) is 9.55. The minimum atomic E-state index is -0.544. The van der Waals surface area contributed by atoms with Crippen LogP contribution in [-0.2, 0) is 6.54 Å². The number of hydrogen-bond acceptors (Lipinski definition) is 2. The van der Waals surface area contributed by atoms with Crippen LogP contribution in [0.3, 0.4) is 0 Å². The lowest BCUT2D eigenvalue weighted by molar-refractivity contribution is -0.0871. The SMILES string of the molecule is CC1(O)CN(Cc2ccc(F)c(Br)c2)C1. The molecule has 0 bridgehead atoms. The first-order valence-corrected chi connectivity index (χ1v) is 5.64. The molecule has 2 rings (SSSR count). The van der Waals surface area contributed by atoms with Gasteiger partial charge in [0.2, 0.25) is 0 Å². The molecule has 1 aliphatic rings. The van der Waals surface area contributed by atoms with Gasteiger partial charge in [0.1, 0.15) is 5.82 Å². The van der Waals surface area contributed by atoms with Gasteiger partial charge in [-0.3, -0.25) is 4.90 Å². The van der Waals surface area contributed by atoms with Crippen molar-refractivity contribution < 1.29 is 9.50 Å². The van der Waals surface area contributed by atoms with Gasteiger partial charge in [-0.25, -0.2) is 4.39 Å². The Morgan fingerprint density at radius 2 is 2.20 bits per heavy atom. The predicted molar refractivity (Wildman–Crippen MR) is 60.0 cm³/mol. The standard InChI is InChI=1S/C11H13BrFNO/c1-11(15)6-14(7-11)5-8-2-3-10(13)9(12)4-8/h2-4,15H,5-7H2,1H3. The number of aliphatic hydroxyl groups is 1. The quantitative estimate of drug-likeness (QED) is 0.893. The molecule has 0 spiro atoms. The van der Waals surface area contributed by atoms with Crippen LogP contribution in [0.4, 0.5) is 4.39 Å². The molecule has 4 heteroatoms. The summed E-state index contributed by atoms with van der Waals surface area (Å²) < 4.78 is 13.4. The third-order valence-corrected chi connectivity index (χ3v) is 3.13. The second-order valence-electron chi connectivity index (χ2n) is 4.39. The average molecular weight is 274 g/mol. The van der Waals surface area contributed by atoms with Gasteiger partial charge in [0.25, 0.3) is 0 Å². The highest BCUT2D eigenvalue weighted by Crippen LogP contribution is 2.24. The van der Waals surface area contributed by atoms with E-state index in [1.165, 1.54) is 6.07 Å². The molecule has 15 heavy (non-hydrogen) atoms. The van der Waals surface area contributed by atoms with Crippen LogP contribution < -0.4 is 0 Å². The van der Waals surface area contributed by atoms with Crippen molar-refractivity contribution in [2.24, 2.45) is 0 Å². The molecule has 1 aromatic rings. The molecule has 0 aromatic heterocycles. The Labute approximate surface area is 96.8 Å². The largest absolute Gasteiger partial charge is 0.388 e. The van der Waals surface area contributed by atoms with Gasteiger partial charge in [-0.15, -0.1) is 0 Å². The van der Waals surface area contributed by atoms with Crippen LogP contribution in [0, 0.1) is 5.82 Å². The van der Waals surface area contributed by atoms with Crippen LogP contribution in [0.5, 0.6) is 0 Å². The molecule has 1 fully saturated rings. The fourth-order valence-electron chi connectivity index (χ4n) is 1.93. The van der Waals surface area contributed by atoms with E-state index in [-0.39, 0.29) is 5.82 Å². The van der Waals surface area contributed by atoms with Gasteiger partial charge in [0.15, 0.2) is 0 Å². The maximum Gasteiger partial charge on any atom is 0.137 e. The van der Waals surface area contributed by atoms with E-state index in [1.54, 1.807) is 12.1 Å². The molecule has 0 saturated carbocycles. The number of halogens is 2. The van der Waals surface area contributed by atoms with E-state index in [4.69, 9.17) is 0 Å². The van der Waals surface area contributed by atoms with E-state index in [2.05, 4.69) is 20.8 Å². The highest BCUT2D eigenvalue weighted by molar-refractivity contribution is 9.10. The highest BCUT2D eigenvalue weighted by Gasteiger charge is 2.35. The fourth-order valence-corrected chi connectivity index (χ4v) is 2.35. The second-order valence-corrected chi connectivity index (χ2v) is 5.24. The molecule has 0 unspecified atom stereocenters. The summed E-state index contributed by atoms with van der Waals surface area (Å²) in [6.45, 7) is 3.95. The van der Waals surface area contributed by atoms with Crippen LogP contribution >= 0.6 is 15.9 Å². The molecule has 82 valence electrons. The van der Waals surface area contributed by atoms with E-state index in [0.717, 1.165) is 12.1 Å². The molecule has 1 heterocycles. The Hall–Kier alpha value is -0.450. The first kappa shape index (κ1) is 11.0. The molecular weight excluding hydrogens is 261 g/mol. The van der Waals surface area contributed by atoms with Crippen molar-refractivity contribution >= 4 is 15.9 Å². The van der Waals surface area contributed by atoms with E-state index in [9.17, 15) is 9.50 Å². The van der Waals surface area contributed by atoms with Crippen molar-refractivity contribution in [2.75, 3.05) is 13.1 Å². The summed E-state index contributed by atoms with van der Waals surface area (Å²) in [5.41, 5.74) is 0.510. The van der Waals surface area contributed by atoms with Crippen molar-refractivity contribution in [2.45, 2.75) is 19.1 Å². The number of benzene rings is 1. The van der Waals surface area contributed by atoms with Gasteiger partial charge < -0.3 is 5.11 Å². The smallest absolute Gasteiger partial charge is 0.137 e. The Kier molecular flexibility index (Phi) is 2.83. The van der Waals surface area contributed by atoms with Crippen molar-refractivity contribution in [3.63, 3.8) is 0 Å². The number of nitrogens with zero attached hydrogens (tertiary/aromatic N) is 1. The summed E-state index contributed by atoms with van der Waals surface area (Å²) in [7, 11) is 0. The molecule has 2 nitrogen and oxygen atoms in total. The van der Waals surface area contributed by atoms with Gasteiger partial charge in [0.05, 0.1) is 10.1 Å². The summed E-state index contributed by atoms with van der Waals surface area (Å²) >= 11 is 3.16. The first-order valence-electron chi connectivity index (χ1n) is 4.85. The number of β-amino-alcohol motifs (C(OH)–C–C–N with tert-alkyl or cyclic N) is 1. The molecule has 0 radical (unpaired) electrons. The van der Waals surface area contributed by atoms with Crippen LogP contribution in [0.25, 0.3) is 0 Å². The van der Waals surface area contributed by atoms with Crippen LogP contribution in [-0.4, -0.2) is 28.7 Å². The molecule has 1 aromatic carbocycles. The van der Waals surface area contributed by atoms with Gasteiger partial charge in [-0.1, -0.05) is 6.07 Å². The Bertz CT molecular complexity index is 373. The summed E-state index contributed by atoms with van der Waals surface area (Å²) in [5.74, 6) is -0.241. The average Bonchev–Trinajstić information content (AvgIpc) is 2.08. The third-order valence-electron chi connectivity index (χ3n) is 2.52. The van der Waals surface area contributed by atoms with E-state index >= 15 is 0 Å². The Morgan fingerprint density at radius 1 is 1.53 bits per heavy atom. The summed E-state index contributed by atoms with van der Waals surface area (Å²) in [6, 6.07) is 5.01. The molecule has 0 atom stereocenters. The van der Waals surface area contributed by atoms with Crippen LogP contribution in [0.2, 0.25) is 0 Å². The van der Waals surface area contributed by atoms with E-state index in [0.29, 0.717) is 17.6 Å². The normalized spacial score (nSPS) is 20.0. The lowest BCUT2D eigenvalue weighted by Crippen LogP contribution is -2.59. The van der Waals surface area contributed by atoms with Crippen LogP contribution in [0.15, 0.2) is 22.7 Å². The second kappa shape index (κ2) is 3.85. The lowest BCUT2D eigenvalue weighted by atomic mass is 9.96. The zero-order valence-corrected chi connectivity index (χ0v) is 10.1. The Balaban J connectivity index is 1.98. The molecule has 0 aliphatic carbocycles. The lowest BCUT2D eigenvalue weighted by Gasteiger charge is -2.44. The fraction of sp³-hybridized carbons (Fsp3) is 0.455. The first-order chi connectivity index (χ1) is 6.96. The van der Waals surface area contributed by atoms with Gasteiger partial charge in [0, 0.05) is 19.6 Å². The van der Waals surface area contributed by atoms with Crippen molar-refractivity contribution in [1.29, 1.82) is 0 Å². The highest BCUT2D eigenvalue weighted by atomic mass is 79.9. The number of hydrogen-bond donors (Lipinski definition) is 1. The van der Waals surface area contributed by atoms with Crippen molar-refractivity contribution in [3.8, 4) is 0 Å². The maximum atomic E-state index is 13.0. The molecule has 1 N–H and O–H groups in total. The topological polar surface area (TPSA) is 23.5 Å². The zero-order valence-electron chi connectivity index (χ0n) is 8.50. The number of likely N-dealkylation sites (tertiary alicyclic amines) is 1. The maximum absolute atomic E-state index is 13.0. The van der Waals surface area contributed by atoms with Crippen molar-refractivity contribution in [1.82, 2.24) is 4.90 Å². The minimum Gasteiger partial charge on any atom is -0.388 e. The molecular formula is C11H13BrFNO. The van der Waals surface area contributed by atoms with Crippen molar-refractivity contribution in [3.05, 3.63) is 34.1 Å². The third kappa shape index (κ3) is 2.56. The molecule has 0 amide bonds. The molecule has 1 aliphatic heterocycles.